The predicted octanol–water partition coefficient (Wildman–Crippen LogP) is 1.38. The Morgan fingerprint density at radius 3 is 2.42 bits per heavy atom. The van der Waals surface area contributed by atoms with Crippen molar-refractivity contribution < 1.29 is 24.5 Å². The first-order valence-corrected chi connectivity index (χ1v) is 12.9. The van der Waals surface area contributed by atoms with Crippen molar-refractivity contribution in [3.63, 3.8) is 0 Å². The summed E-state index contributed by atoms with van der Waals surface area (Å²) in [7, 11) is 2.42. The van der Waals surface area contributed by atoms with Crippen LogP contribution in [0, 0.1) is 0 Å². The second-order valence-electron chi connectivity index (χ2n) is 8.34. The van der Waals surface area contributed by atoms with Crippen LogP contribution >= 0.6 is 11.6 Å². The molecular weight excluding hydrogens is 514 g/mol. The molecule has 0 spiro atoms. The number of nitrogens with two attached hydrogens (primary N) is 1. The molecule has 2 aromatic rings. The number of anilines is 1. The summed E-state index contributed by atoms with van der Waals surface area (Å²) in [5.41, 5.74) is 6.42. The molecule has 0 unspecified atom stereocenters. The number of aliphatic hydroxyl groups excluding tert-OH is 2. The van der Waals surface area contributed by atoms with Gasteiger partial charge in [0, 0.05) is 46.8 Å². The van der Waals surface area contributed by atoms with Gasteiger partial charge < -0.3 is 41.2 Å². The number of aromatic amines is 1. The molecule has 0 aliphatic carbocycles. The normalized spacial score (nSPS) is 12.9. The van der Waals surface area contributed by atoms with E-state index in [9.17, 15) is 14.4 Å². The summed E-state index contributed by atoms with van der Waals surface area (Å²) >= 11 is 5.61. The standard InChI is InChI=1S/C18H28N2O3.C7H8ClN3O2.CH4O/c21-13-4-14-23-18(22)17-7-5-16(6-8-17)15-19-9-12-20-10-2-1-3-11-20;1-10-6(12)3-2-4(8)5(9)11-7(3)13;1-2/h5-8,19,21H,1-4,9-15H2;2H,1H3,(H,10,12)(H3,9,11,13);2H,1H3. The number of ether oxygens (including phenoxy) is 1. The SMILES string of the molecule is CNC(=O)c1cc(Cl)c(N)[nH]c1=O.CO.O=C(OCCCO)c1ccc(CNCCN2CCCCC2)cc1. The molecule has 0 bridgehead atoms. The number of nitrogens with zero attached hydrogens (tertiary/aromatic N) is 1. The summed E-state index contributed by atoms with van der Waals surface area (Å²) in [5.74, 6) is -0.773. The molecule has 2 heterocycles. The van der Waals surface area contributed by atoms with Gasteiger partial charge in [-0.15, -0.1) is 0 Å². The van der Waals surface area contributed by atoms with E-state index in [0.717, 1.165) is 32.3 Å². The molecule has 212 valence electrons. The fraction of sp³-hybridized carbons (Fsp3) is 0.500. The van der Waals surface area contributed by atoms with Crippen LogP contribution in [-0.2, 0) is 11.3 Å². The van der Waals surface area contributed by atoms with Gasteiger partial charge in [0.15, 0.2) is 0 Å². The van der Waals surface area contributed by atoms with Crippen LogP contribution in [0.3, 0.4) is 0 Å². The first-order chi connectivity index (χ1) is 18.3. The molecule has 0 saturated carbocycles. The molecule has 1 saturated heterocycles. The number of likely N-dealkylation sites (tertiary alicyclic amines) is 1. The van der Waals surface area contributed by atoms with Crippen LogP contribution < -0.4 is 21.9 Å². The van der Waals surface area contributed by atoms with Crippen molar-refractivity contribution in [2.75, 3.05) is 59.3 Å². The van der Waals surface area contributed by atoms with Gasteiger partial charge in [-0.05, 0) is 49.7 Å². The van der Waals surface area contributed by atoms with E-state index in [4.69, 9.17) is 32.3 Å². The topological polar surface area (TPSA) is 170 Å². The summed E-state index contributed by atoms with van der Waals surface area (Å²) < 4.78 is 5.05. The molecule has 0 atom stereocenters. The fourth-order valence-corrected chi connectivity index (χ4v) is 3.70. The van der Waals surface area contributed by atoms with Crippen molar-refractivity contribution in [1.82, 2.24) is 20.5 Å². The fourth-order valence-electron chi connectivity index (χ4n) is 3.55. The molecule has 3 rings (SSSR count). The van der Waals surface area contributed by atoms with Gasteiger partial charge in [0.1, 0.15) is 11.4 Å². The van der Waals surface area contributed by atoms with Crippen molar-refractivity contribution in [3.05, 3.63) is 62.4 Å². The number of pyridine rings is 1. The maximum atomic E-state index is 11.7. The zero-order chi connectivity index (χ0) is 28.3. The van der Waals surface area contributed by atoms with Gasteiger partial charge in [-0.25, -0.2) is 4.79 Å². The van der Waals surface area contributed by atoms with Crippen LogP contribution in [0.25, 0.3) is 0 Å². The Morgan fingerprint density at radius 1 is 1.16 bits per heavy atom. The van der Waals surface area contributed by atoms with Gasteiger partial charge in [0.05, 0.1) is 17.2 Å². The van der Waals surface area contributed by atoms with E-state index in [1.165, 1.54) is 45.5 Å². The number of aliphatic hydroxyl groups is 2. The van der Waals surface area contributed by atoms with Gasteiger partial charge in [-0.2, -0.15) is 0 Å². The third kappa shape index (κ3) is 12.1. The highest BCUT2D eigenvalue weighted by Gasteiger charge is 2.11. The number of carbonyl (C=O) groups is 2. The molecule has 1 aliphatic heterocycles. The number of nitrogens with one attached hydrogen (secondary N) is 3. The molecule has 1 amide bonds. The van der Waals surface area contributed by atoms with Crippen LogP contribution in [0.5, 0.6) is 0 Å². The van der Waals surface area contributed by atoms with E-state index >= 15 is 0 Å². The number of hydrogen-bond acceptors (Lipinski definition) is 9. The van der Waals surface area contributed by atoms with E-state index in [0.29, 0.717) is 12.0 Å². The van der Waals surface area contributed by atoms with Crippen LogP contribution in [0.2, 0.25) is 5.02 Å². The summed E-state index contributed by atoms with van der Waals surface area (Å²) in [6.45, 7) is 5.67. The second-order valence-corrected chi connectivity index (χ2v) is 8.75. The minimum atomic E-state index is -0.554. The number of aromatic nitrogens is 1. The molecular formula is C26H40ClN5O6. The molecule has 1 fully saturated rings. The Balaban J connectivity index is 0.000000408. The predicted molar refractivity (Wildman–Crippen MR) is 148 cm³/mol. The highest BCUT2D eigenvalue weighted by Crippen LogP contribution is 2.14. The quantitative estimate of drug-likeness (QED) is 0.188. The molecule has 1 aromatic heterocycles. The van der Waals surface area contributed by atoms with Crippen LogP contribution in [-0.4, -0.2) is 85.5 Å². The van der Waals surface area contributed by atoms with Gasteiger partial charge in [-0.1, -0.05) is 30.2 Å². The Hall–Kier alpha value is -2.96. The van der Waals surface area contributed by atoms with Crippen molar-refractivity contribution in [3.8, 4) is 0 Å². The number of hydrogen-bond donors (Lipinski definition) is 6. The number of rotatable bonds is 10. The number of piperidine rings is 1. The zero-order valence-corrected chi connectivity index (χ0v) is 22.9. The van der Waals surface area contributed by atoms with Gasteiger partial charge >= 0.3 is 5.97 Å². The smallest absolute Gasteiger partial charge is 0.338 e. The third-order valence-electron chi connectivity index (χ3n) is 5.60. The van der Waals surface area contributed by atoms with E-state index in [1.807, 2.05) is 12.1 Å². The lowest BCUT2D eigenvalue weighted by molar-refractivity contribution is 0.0482. The first kappa shape index (κ1) is 33.1. The highest BCUT2D eigenvalue weighted by molar-refractivity contribution is 6.33. The molecule has 7 N–H and O–H groups in total. The van der Waals surface area contributed by atoms with Crippen LogP contribution in [0.4, 0.5) is 5.82 Å². The summed E-state index contributed by atoms with van der Waals surface area (Å²) in [6.07, 6.45) is 4.51. The average Bonchev–Trinajstić information content (AvgIpc) is 2.95. The van der Waals surface area contributed by atoms with Gasteiger partial charge in [0.25, 0.3) is 11.5 Å². The Morgan fingerprint density at radius 2 is 1.82 bits per heavy atom. The number of amides is 1. The van der Waals surface area contributed by atoms with Crippen LogP contribution in [0.15, 0.2) is 35.1 Å². The van der Waals surface area contributed by atoms with Gasteiger partial charge in [0.2, 0.25) is 0 Å². The number of benzene rings is 1. The monoisotopic (exact) mass is 553 g/mol. The number of nitrogen functional groups attached to an aromatic ring is 1. The number of carbonyl (C=O) groups excluding carboxylic acids is 2. The summed E-state index contributed by atoms with van der Waals surface area (Å²) in [6, 6.07) is 8.73. The molecule has 11 nitrogen and oxygen atoms in total. The second kappa shape index (κ2) is 19.2. The Bertz CT molecular complexity index is 1030. The molecule has 12 heteroatoms. The maximum Gasteiger partial charge on any atom is 0.338 e. The average molecular weight is 554 g/mol. The maximum absolute atomic E-state index is 11.7. The van der Waals surface area contributed by atoms with Crippen molar-refractivity contribution in [2.24, 2.45) is 0 Å². The zero-order valence-electron chi connectivity index (χ0n) is 22.1. The van der Waals surface area contributed by atoms with E-state index in [1.54, 1.807) is 12.1 Å². The molecule has 1 aliphatic rings. The lowest BCUT2D eigenvalue weighted by atomic mass is 10.1. The number of H-pyrrole nitrogens is 1. The third-order valence-corrected chi connectivity index (χ3v) is 5.91. The van der Waals surface area contributed by atoms with Gasteiger partial charge in [-0.3, -0.25) is 9.59 Å². The largest absolute Gasteiger partial charge is 0.462 e. The minimum absolute atomic E-state index is 0.0370. The van der Waals surface area contributed by atoms with E-state index in [-0.39, 0.29) is 35.6 Å². The first-order valence-electron chi connectivity index (χ1n) is 12.5. The minimum Gasteiger partial charge on any atom is -0.462 e. The van der Waals surface area contributed by atoms with Crippen molar-refractivity contribution in [2.45, 2.75) is 32.2 Å². The molecule has 38 heavy (non-hydrogen) atoms. The highest BCUT2D eigenvalue weighted by atomic mass is 35.5. The Kier molecular flexibility index (Phi) is 16.7. The van der Waals surface area contributed by atoms with E-state index in [2.05, 4.69) is 20.5 Å². The van der Waals surface area contributed by atoms with Crippen molar-refractivity contribution >= 4 is 29.3 Å². The van der Waals surface area contributed by atoms with Crippen molar-refractivity contribution in [1.29, 1.82) is 0 Å². The molecule has 1 aromatic carbocycles. The summed E-state index contributed by atoms with van der Waals surface area (Å²) in [5, 5.41) is 21.6. The number of esters is 1. The van der Waals surface area contributed by atoms with Crippen LogP contribution in [0.1, 0.15) is 52.0 Å². The molecule has 0 radical (unpaired) electrons. The Labute approximate surface area is 228 Å². The lowest BCUT2D eigenvalue weighted by Crippen LogP contribution is -2.35. The number of halogens is 1. The lowest BCUT2D eigenvalue weighted by Gasteiger charge is -2.26. The summed E-state index contributed by atoms with van der Waals surface area (Å²) in [4.78, 5) is 38.7. The van der Waals surface area contributed by atoms with E-state index < -0.39 is 11.5 Å².